The number of H-pyrrole nitrogens is 1. The summed E-state index contributed by atoms with van der Waals surface area (Å²) in [4.78, 5) is 16.7. The van der Waals surface area contributed by atoms with E-state index in [-0.39, 0.29) is 5.56 Å². The van der Waals surface area contributed by atoms with Gasteiger partial charge >= 0.3 is 0 Å². The Morgan fingerprint density at radius 3 is 2.75 bits per heavy atom. The summed E-state index contributed by atoms with van der Waals surface area (Å²) < 4.78 is 2.89. The molecule has 0 aliphatic rings. The zero-order chi connectivity index (χ0) is 14.1. The molecular formula is C15H14N2OS2. The second kappa shape index (κ2) is 5.34. The Labute approximate surface area is 125 Å². The van der Waals surface area contributed by atoms with Gasteiger partial charge in [0.2, 0.25) is 0 Å². The Balaban J connectivity index is 2.24. The van der Waals surface area contributed by atoms with Gasteiger partial charge in [0.25, 0.3) is 5.56 Å². The summed E-state index contributed by atoms with van der Waals surface area (Å²) in [6.07, 6.45) is 0.889. The van der Waals surface area contributed by atoms with Crippen LogP contribution in [0, 0.1) is 4.77 Å². The van der Waals surface area contributed by atoms with Crippen molar-refractivity contribution >= 4 is 33.8 Å². The highest BCUT2D eigenvalue weighted by Gasteiger charge is 2.10. The van der Waals surface area contributed by atoms with E-state index in [4.69, 9.17) is 12.2 Å². The minimum atomic E-state index is 0.0118. The molecule has 0 fully saturated rings. The van der Waals surface area contributed by atoms with Crippen LogP contribution in [0.3, 0.4) is 0 Å². The molecule has 3 rings (SSSR count). The monoisotopic (exact) mass is 302 g/mol. The predicted molar refractivity (Wildman–Crippen MR) is 87.0 cm³/mol. The Morgan fingerprint density at radius 2 is 2.05 bits per heavy atom. The van der Waals surface area contributed by atoms with E-state index in [0.29, 0.717) is 11.3 Å². The molecule has 5 heteroatoms. The molecule has 0 saturated carbocycles. The van der Waals surface area contributed by atoms with Crippen molar-refractivity contribution in [3.05, 3.63) is 51.5 Å². The molecule has 2 aromatic heterocycles. The fourth-order valence-electron chi connectivity index (χ4n) is 2.21. The fourth-order valence-corrected chi connectivity index (χ4v) is 3.56. The molecule has 0 spiro atoms. The highest BCUT2D eigenvalue weighted by Crippen LogP contribution is 2.30. The molecule has 0 aliphatic heterocycles. The number of aromatic nitrogens is 2. The van der Waals surface area contributed by atoms with Crippen LogP contribution in [0.4, 0.5) is 0 Å². The molecule has 20 heavy (non-hydrogen) atoms. The Kier molecular flexibility index (Phi) is 3.54. The SMILES string of the molecule is CCCn1c(=S)[nH]c2cc(-c3ccccc3)sc2c1=O. The fraction of sp³-hybridized carbons (Fsp3) is 0.200. The van der Waals surface area contributed by atoms with E-state index in [1.54, 1.807) is 4.57 Å². The molecular weight excluding hydrogens is 288 g/mol. The molecule has 0 amide bonds. The first-order chi connectivity index (χ1) is 9.70. The van der Waals surface area contributed by atoms with E-state index in [0.717, 1.165) is 27.1 Å². The van der Waals surface area contributed by atoms with Crippen LogP contribution in [-0.4, -0.2) is 9.55 Å². The largest absolute Gasteiger partial charge is 0.331 e. The molecule has 1 N–H and O–H groups in total. The van der Waals surface area contributed by atoms with Crippen LogP contribution in [0.15, 0.2) is 41.2 Å². The lowest BCUT2D eigenvalue weighted by molar-refractivity contribution is 0.639. The van der Waals surface area contributed by atoms with E-state index >= 15 is 0 Å². The van der Waals surface area contributed by atoms with E-state index < -0.39 is 0 Å². The zero-order valence-electron chi connectivity index (χ0n) is 11.1. The van der Waals surface area contributed by atoms with E-state index in [2.05, 4.69) is 4.98 Å². The Bertz CT molecular complexity index is 859. The quantitative estimate of drug-likeness (QED) is 0.736. The smallest absolute Gasteiger partial charge is 0.272 e. The maximum atomic E-state index is 12.5. The molecule has 2 heterocycles. The molecule has 102 valence electrons. The number of rotatable bonds is 3. The summed E-state index contributed by atoms with van der Waals surface area (Å²) in [5.41, 5.74) is 1.96. The van der Waals surface area contributed by atoms with Crippen molar-refractivity contribution in [2.45, 2.75) is 19.9 Å². The van der Waals surface area contributed by atoms with Gasteiger partial charge in [0, 0.05) is 11.4 Å². The third kappa shape index (κ3) is 2.23. The number of nitrogens with zero attached hydrogens (tertiary/aromatic N) is 1. The van der Waals surface area contributed by atoms with Gasteiger partial charge in [0.05, 0.1) is 5.52 Å². The Hall–Kier alpha value is -1.72. The molecule has 0 atom stereocenters. The van der Waals surface area contributed by atoms with Crippen molar-refractivity contribution in [2.75, 3.05) is 0 Å². The van der Waals surface area contributed by atoms with E-state index in [1.807, 2.05) is 43.3 Å². The zero-order valence-corrected chi connectivity index (χ0v) is 12.7. The molecule has 1 aromatic carbocycles. The number of thiophene rings is 1. The van der Waals surface area contributed by atoms with Gasteiger partial charge in [-0.15, -0.1) is 11.3 Å². The van der Waals surface area contributed by atoms with Gasteiger partial charge in [0.1, 0.15) is 4.70 Å². The predicted octanol–water partition coefficient (Wildman–Crippen LogP) is 4.20. The maximum Gasteiger partial charge on any atom is 0.272 e. The van der Waals surface area contributed by atoms with Crippen LogP contribution in [-0.2, 0) is 6.54 Å². The first kappa shape index (κ1) is 13.3. The van der Waals surface area contributed by atoms with Gasteiger partial charge in [-0.3, -0.25) is 9.36 Å². The molecule has 0 unspecified atom stereocenters. The maximum absolute atomic E-state index is 12.5. The van der Waals surface area contributed by atoms with Crippen molar-refractivity contribution in [3.8, 4) is 10.4 Å². The number of aromatic amines is 1. The first-order valence-corrected chi connectivity index (χ1v) is 7.75. The Morgan fingerprint density at radius 1 is 1.30 bits per heavy atom. The number of fused-ring (bicyclic) bond motifs is 1. The number of hydrogen-bond acceptors (Lipinski definition) is 3. The average Bonchev–Trinajstić information content (AvgIpc) is 2.88. The van der Waals surface area contributed by atoms with E-state index in [1.165, 1.54) is 11.3 Å². The summed E-state index contributed by atoms with van der Waals surface area (Å²) in [5, 5.41) is 0. The first-order valence-electron chi connectivity index (χ1n) is 6.53. The second-order valence-corrected chi connectivity index (χ2v) is 6.05. The highest BCUT2D eigenvalue weighted by atomic mass is 32.1. The molecule has 0 radical (unpaired) electrons. The number of benzene rings is 1. The van der Waals surface area contributed by atoms with Gasteiger partial charge in [0.15, 0.2) is 4.77 Å². The van der Waals surface area contributed by atoms with Crippen LogP contribution in [0.5, 0.6) is 0 Å². The summed E-state index contributed by atoms with van der Waals surface area (Å²) in [5.74, 6) is 0. The summed E-state index contributed by atoms with van der Waals surface area (Å²) in [6.45, 7) is 2.69. The lowest BCUT2D eigenvalue weighted by Gasteiger charge is -2.03. The molecule has 0 aliphatic carbocycles. The lowest BCUT2D eigenvalue weighted by Crippen LogP contribution is -2.20. The molecule has 3 aromatic rings. The van der Waals surface area contributed by atoms with Gasteiger partial charge in [-0.25, -0.2) is 0 Å². The van der Waals surface area contributed by atoms with Gasteiger partial charge in [-0.2, -0.15) is 0 Å². The van der Waals surface area contributed by atoms with Crippen molar-refractivity contribution in [1.29, 1.82) is 0 Å². The summed E-state index contributed by atoms with van der Waals surface area (Å²) >= 11 is 6.79. The minimum Gasteiger partial charge on any atom is -0.331 e. The minimum absolute atomic E-state index is 0.0118. The van der Waals surface area contributed by atoms with Crippen LogP contribution in [0.2, 0.25) is 0 Å². The highest BCUT2D eigenvalue weighted by molar-refractivity contribution is 7.71. The van der Waals surface area contributed by atoms with Crippen LogP contribution < -0.4 is 5.56 Å². The van der Waals surface area contributed by atoms with Gasteiger partial charge in [-0.1, -0.05) is 37.3 Å². The number of nitrogens with one attached hydrogen (secondary N) is 1. The summed E-state index contributed by atoms with van der Waals surface area (Å²) in [6, 6.07) is 12.1. The van der Waals surface area contributed by atoms with Gasteiger partial charge in [-0.05, 0) is 30.3 Å². The number of hydrogen-bond donors (Lipinski definition) is 1. The normalized spacial score (nSPS) is 11.1. The van der Waals surface area contributed by atoms with Crippen LogP contribution in [0.25, 0.3) is 20.7 Å². The van der Waals surface area contributed by atoms with Crippen molar-refractivity contribution in [3.63, 3.8) is 0 Å². The van der Waals surface area contributed by atoms with E-state index in [9.17, 15) is 4.79 Å². The topological polar surface area (TPSA) is 37.8 Å². The van der Waals surface area contributed by atoms with Crippen LogP contribution >= 0.6 is 23.6 Å². The van der Waals surface area contributed by atoms with Crippen LogP contribution in [0.1, 0.15) is 13.3 Å². The van der Waals surface area contributed by atoms with Crippen molar-refractivity contribution < 1.29 is 0 Å². The van der Waals surface area contributed by atoms with Crippen molar-refractivity contribution in [2.24, 2.45) is 0 Å². The second-order valence-electron chi connectivity index (χ2n) is 4.61. The average molecular weight is 302 g/mol. The summed E-state index contributed by atoms with van der Waals surface area (Å²) in [7, 11) is 0. The molecule has 0 bridgehead atoms. The molecule has 0 saturated heterocycles. The molecule has 3 nitrogen and oxygen atoms in total. The van der Waals surface area contributed by atoms with Gasteiger partial charge < -0.3 is 4.98 Å². The third-order valence-corrected chi connectivity index (χ3v) is 4.66. The standard InChI is InChI=1S/C15H14N2OS2/c1-2-8-17-14(18)13-11(16-15(17)19)9-12(20-13)10-6-4-3-5-7-10/h3-7,9H,2,8H2,1H3,(H,16,19). The van der Waals surface area contributed by atoms with Crippen molar-refractivity contribution in [1.82, 2.24) is 9.55 Å². The lowest BCUT2D eigenvalue weighted by atomic mass is 10.2. The third-order valence-electron chi connectivity index (χ3n) is 3.16.